The number of carbonyl (C=O) groups is 1. The molecule has 1 saturated carbocycles. The molecule has 1 aliphatic carbocycles. The van der Waals surface area contributed by atoms with Crippen molar-refractivity contribution in [1.82, 2.24) is 10.3 Å². The first-order chi connectivity index (χ1) is 10.3. The second-order valence-corrected chi connectivity index (χ2v) is 5.57. The second-order valence-electron chi connectivity index (χ2n) is 5.57. The maximum atomic E-state index is 11.8. The fraction of sp³-hybridized carbons (Fsp3) is 0.625. The van der Waals surface area contributed by atoms with Crippen LogP contribution in [0.1, 0.15) is 38.5 Å². The number of hydrogen-bond donors (Lipinski definition) is 2. The van der Waals surface area contributed by atoms with Crippen LogP contribution in [0.2, 0.25) is 0 Å². The van der Waals surface area contributed by atoms with Crippen LogP contribution in [0.5, 0.6) is 5.75 Å². The molecule has 0 saturated heterocycles. The van der Waals surface area contributed by atoms with Gasteiger partial charge >= 0.3 is 0 Å². The third-order valence-corrected chi connectivity index (χ3v) is 3.83. The Balaban J connectivity index is 0.00000242. The van der Waals surface area contributed by atoms with E-state index in [9.17, 15) is 4.79 Å². The van der Waals surface area contributed by atoms with E-state index in [0.29, 0.717) is 37.1 Å². The number of ether oxygens (including phenoxy) is 1. The highest BCUT2D eigenvalue weighted by molar-refractivity contribution is 5.91. The lowest BCUT2D eigenvalue weighted by molar-refractivity contribution is -0.116. The number of amides is 1. The monoisotopic (exact) mass is 363 g/mol. The van der Waals surface area contributed by atoms with Crippen molar-refractivity contribution in [2.45, 2.75) is 38.5 Å². The van der Waals surface area contributed by atoms with Crippen molar-refractivity contribution in [3.05, 3.63) is 18.3 Å². The van der Waals surface area contributed by atoms with E-state index in [1.54, 1.807) is 6.20 Å². The number of hydrogen-bond acceptors (Lipinski definition) is 4. The second kappa shape index (κ2) is 12.4. The van der Waals surface area contributed by atoms with Crippen LogP contribution in [-0.4, -0.2) is 31.1 Å². The first-order valence-electron chi connectivity index (χ1n) is 7.82. The number of carbonyl (C=O) groups excluding carboxylic acids is 1. The van der Waals surface area contributed by atoms with Gasteiger partial charge in [-0.1, -0.05) is 19.3 Å². The van der Waals surface area contributed by atoms with Gasteiger partial charge in [-0.25, -0.2) is 4.98 Å². The maximum absolute atomic E-state index is 11.8. The van der Waals surface area contributed by atoms with Crippen LogP contribution in [0.15, 0.2) is 18.3 Å². The maximum Gasteiger partial charge on any atom is 0.226 e. The highest BCUT2D eigenvalue weighted by Gasteiger charge is 2.15. The summed E-state index contributed by atoms with van der Waals surface area (Å²) in [5.41, 5.74) is 0. The summed E-state index contributed by atoms with van der Waals surface area (Å²) < 4.78 is 5.89. The zero-order valence-corrected chi connectivity index (χ0v) is 15.2. The summed E-state index contributed by atoms with van der Waals surface area (Å²) in [6, 6.07) is 3.70. The number of rotatable bonds is 7. The summed E-state index contributed by atoms with van der Waals surface area (Å²) in [4.78, 5) is 16.0. The number of aromatic nitrogens is 1. The van der Waals surface area contributed by atoms with E-state index >= 15 is 0 Å². The normalized spacial score (nSPS) is 14.3. The van der Waals surface area contributed by atoms with Crippen LogP contribution in [0.3, 0.4) is 0 Å². The Morgan fingerprint density at radius 3 is 2.74 bits per heavy atom. The third-order valence-electron chi connectivity index (χ3n) is 3.83. The first-order valence-corrected chi connectivity index (χ1v) is 7.82. The smallest absolute Gasteiger partial charge is 0.226 e. The average Bonchev–Trinajstić information content (AvgIpc) is 2.53. The molecule has 0 bridgehead atoms. The van der Waals surface area contributed by atoms with Gasteiger partial charge < -0.3 is 15.4 Å². The van der Waals surface area contributed by atoms with Gasteiger partial charge in [-0.2, -0.15) is 0 Å². The van der Waals surface area contributed by atoms with Crippen molar-refractivity contribution in [2.24, 2.45) is 5.92 Å². The molecule has 1 amide bonds. The van der Waals surface area contributed by atoms with E-state index in [1.807, 2.05) is 19.2 Å². The molecule has 0 aliphatic heterocycles. The average molecular weight is 364 g/mol. The van der Waals surface area contributed by atoms with Crippen molar-refractivity contribution >= 4 is 36.5 Å². The third kappa shape index (κ3) is 7.86. The van der Waals surface area contributed by atoms with Crippen LogP contribution in [0.4, 0.5) is 5.82 Å². The molecule has 2 rings (SSSR count). The summed E-state index contributed by atoms with van der Waals surface area (Å²) in [6.07, 6.45) is 8.52. The Bertz CT molecular complexity index is 455. The topological polar surface area (TPSA) is 63.2 Å². The van der Waals surface area contributed by atoms with Gasteiger partial charge in [0.05, 0.1) is 6.61 Å². The Hall–Kier alpha value is -1.04. The number of nitrogens with zero attached hydrogens (tertiary/aromatic N) is 1. The lowest BCUT2D eigenvalue weighted by Gasteiger charge is -2.22. The molecule has 7 heteroatoms. The predicted molar refractivity (Wildman–Crippen MR) is 98.0 cm³/mol. The zero-order valence-electron chi connectivity index (χ0n) is 13.5. The summed E-state index contributed by atoms with van der Waals surface area (Å²) in [7, 11) is 1.83. The SMILES string of the molecule is CNCCC(=O)Nc1ncccc1OCC1CCCCC1.Cl.Cl. The van der Waals surface area contributed by atoms with Crippen LogP contribution in [0.25, 0.3) is 0 Å². The molecule has 1 fully saturated rings. The van der Waals surface area contributed by atoms with Crippen molar-refractivity contribution in [3.8, 4) is 5.75 Å². The van der Waals surface area contributed by atoms with E-state index in [2.05, 4.69) is 15.6 Å². The molecule has 0 spiro atoms. The highest BCUT2D eigenvalue weighted by atomic mass is 35.5. The number of halogens is 2. The first kappa shape index (κ1) is 22.0. The molecule has 0 radical (unpaired) electrons. The summed E-state index contributed by atoms with van der Waals surface area (Å²) in [5.74, 6) is 1.77. The fourth-order valence-corrected chi connectivity index (χ4v) is 2.60. The van der Waals surface area contributed by atoms with Crippen LogP contribution >= 0.6 is 24.8 Å². The molecule has 23 heavy (non-hydrogen) atoms. The molecule has 1 aliphatic rings. The van der Waals surface area contributed by atoms with E-state index in [0.717, 1.165) is 0 Å². The Labute approximate surface area is 150 Å². The number of nitrogens with one attached hydrogen (secondary N) is 2. The largest absolute Gasteiger partial charge is 0.489 e. The Morgan fingerprint density at radius 1 is 1.30 bits per heavy atom. The fourth-order valence-electron chi connectivity index (χ4n) is 2.60. The van der Waals surface area contributed by atoms with Gasteiger partial charge in [0.2, 0.25) is 5.91 Å². The zero-order chi connectivity index (χ0) is 14.9. The quantitative estimate of drug-likeness (QED) is 0.778. The van der Waals surface area contributed by atoms with E-state index in [4.69, 9.17) is 4.74 Å². The summed E-state index contributed by atoms with van der Waals surface area (Å²) >= 11 is 0. The molecule has 1 aromatic heterocycles. The Kier molecular flexibility index (Phi) is 11.8. The van der Waals surface area contributed by atoms with Gasteiger partial charge in [0.25, 0.3) is 0 Å². The van der Waals surface area contributed by atoms with Gasteiger partial charge in [-0.3, -0.25) is 4.79 Å². The van der Waals surface area contributed by atoms with Gasteiger partial charge in [0.1, 0.15) is 0 Å². The number of anilines is 1. The molecule has 0 atom stereocenters. The molecular formula is C16H27Cl2N3O2. The minimum Gasteiger partial charge on any atom is -0.489 e. The van der Waals surface area contributed by atoms with E-state index in [-0.39, 0.29) is 30.7 Å². The van der Waals surface area contributed by atoms with Gasteiger partial charge in [0, 0.05) is 19.2 Å². The molecule has 0 unspecified atom stereocenters. The molecular weight excluding hydrogens is 337 g/mol. The molecule has 0 aromatic carbocycles. The van der Waals surface area contributed by atoms with Gasteiger partial charge in [-0.05, 0) is 37.9 Å². The molecule has 1 aromatic rings. The summed E-state index contributed by atoms with van der Waals surface area (Å²) in [6.45, 7) is 1.36. The van der Waals surface area contributed by atoms with E-state index < -0.39 is 0 Å². The molecule has 1 heterocycles. The minimum atomic E-state index is -0.0504. The van der Waals surface area contributed by atoms with E-state index in [1.165, 1.54) is 32.1 Å². The predicted octanol–water partition coefficient (Wildman–Crippen LogP) is 3.43. The highest BCUT2D eigenvalue weighted by Crippen LogP contribution is 2.26. The van der Waals surface area contributed by atoms with Crippen molar-refractivity contribution in [3.63, 3.8) is 0 Å². The number of pyridine rings is 1. The van der Waals surface area contributed by atoms with Gasteiger partial charge in [-0.15, -0.1) is 24.8 Å². The Morgan fingerprint density at radius 2 is 2.04 bits per heavy atom. The van der Waals surface area contributed by atoms with Crippen molar-refractivity contribution in [1.29, 1.82) is 0 Å². The minimum absolute atomic E-state index is 0. The molecule has 2 N–H and O–H groups in total. The lowest BCUT2D eigenvalue weighted by Crippen LogP contribution is -2.20. The van der Waals surface area contributed by atoms with Crippen LogP contribution in [0, 0.1) is 5.92 Å². The van der Waals surface area contributed by atoms with Crippen molar-refractivity contribution in [2.75, 3.05) is 25.5 Å². The molecule has 5 nitrogen and oxygen atoms in total. The lowest BCUT2D eigenvalue weighted by atomic mass is 9.90. The summed E-state index contributed by atoms with van der Waals surface area (Å²) in [5, 5.41) is 5.77. The molecule has 132 valence electrons. The van der Waals surface area contributed by atoms with Crippen LogP contribution in [-0.2, 0) is 4.79 Å². The van der Waals surface area contributed by atoms with Crippen LogP contribution < -0.4 is 15.4 Å². The standard InChI is InChI=1S/C16H25N3O2.2ClH/c1-17-11-9-15(20)19-16-14(8-5-10-18-16)21-12-13-6-3-2-4-7-13;;/h5,8,10,13,17H,2-4,6-7,9,11-12H2,1H3,(H,18,19,20);2*1H. The van der Waals surface area contributed by atoms with Crippen molar-refractivity contribution < 1.29 is 9.53 Å². The van der Waals surface area contributed by atoms with Gasteiger partial charge in [0.15, 0.2) is 11.6 Å².